The molecule has 2 aromatic carbocycles. The van der Waals surface area contributed by atoms with Gasteiger partial charge in [-0.05, 0) is 41.1 Å². The predicted molar refractivity (Wildman–Crippen MR) is 149 cm³/mol. The van der Waals surface area contributed by atoms with E-state index in [1.54, 1.807) is 0 Å². The SMILES string of the molecule is CC(C)(C)CC(CC(O[Si](C)(C)C(C)(C)C)(c1ccccc1)c1ccccc1)OCCI. The highest BCUT2D eigenvalue weighted by Gasteiger charge is 2.48. The molecule has 0 aliphatic rings. The normalized spacial score (nSPS) is 14.4. The van der Waals surface area contributed by atoms with Gasteiger partial charge >= 0.3 is 0 Å². The van der Waals surface area contributed by atoms with Crippen molar-refractivity contribution in [2.24, 2.45) is 5.41 Å². The van der Waals surface area contributed by atoms with Crippen LogP contribution in [0.15, 0.2) is 60.7 Å². The lowest BCUT2D eigenvalue weighted by atomic mass is 9.78. The van der Waals surface area contributed by atoms with Gasteiger partial charge in [-0.15, -0.1) is 0 Å². The second-order valence-corrected chi connectivity index (χ2v) is 17.4. The Morgan fingerprint density at radius 3 is 1.62 bits per heavy atom. The van der Waals surface area contributed by atoms with E-state index in [0.29, 0.717) is 0 Å². The van der Waals surface area contributed by atoms with Gasteiger partial charge in [0.05, 0.1) is 12.7 Å². The molecule has 0 saturated heterocycles. The highest BCUT2D eigenvalue weighted by molar-refractivity contribution is 14.1. The van der Waals surface area contributed by atoms with Gasteiger partial charge in [-0.1, -0.05) is 125 Å². The van der Waals surface area contributed by atoms with Crippen molar-refractivity contribution in [1.29, 1.82) is 0 Å². The quantitative estimate of drug-likeness (QED) is 0.163. The number of alkyl halides is 1. The van der Waals surface area contributed by atoms with Crippen LogP contribution in [-0.4, -0.2) is 25.5 Å². The Bertz CT molecular complexity index is 767. The van der Waals surface area contributed by atoms with E-state index in [1.165, 1.54) is 11.1 Å². The fraction of sp³-hybridized carbons (Fsp3) is 0.571. The van der Waals surface area contributed by atoms with Gasteiger partial charge in [-0.3, -0.25) is 0 Å². The van der Waals surface area contributed by atoms with Crippen LogP contribution in [0.25, 0.3) is 0 Å². The largest absolute Gasteiger partial charge is 0.403 e. The molecule has 2 nitrogen and oxygen atoms in total. The molecule has 0 aliphatic heterocycles. The Morgan fingerprint density at radius 1 is 0.781 bits per heavy atom. The summed E-state index contributed by atoms with van der Waals surface area (Å²) in [4.78, 5) is 0. The van der Waals surface area contributed by atoms with Crippen molar-refractivity contribution in [3.05, 3.63) is 71.8 Å². The number of halogens is 1. The first-order valence-electron chi connectivity index (χ1n) is 11.8. The lowest BCUT2D eigenvalue weighted by molar-refractivity contribution is -0.0261. The summed E-state index contributed by atoms with van der Waals surface area (Å²) in [6, 6.07) is 21.6. The van der Waals surface area contributed by atoms with Gasteiger partial charge in [0.25, 0.3) is 0 Å². The van der Waals surface area contributed by atoms with Crippen LogP contribution < -0.4 is 0 Å². The summed E-state index contributed by atoms with van der Waals surface area (Å²) in [5.41, 5.74) is 2.06. The molecular weight excluding hydrogens is 523 g/mol. The average molecular weight is 567 g/mol. The fourth-order valence-electron chi connectivity index (χ4n) is 3.97. The third-order valence-electron chi connectivity index (χ3n) is 6.50. The summed E-state index contributed by atoms with van der Waals surface area (Å²) in [5, 5.41) is 0.102. The number of ether oxygens (including phenoxy) is 1. The first-order valence-corrected chi connectivity index (χ1v) is 16.2. The van der Waals surface area contributed by atoms with Crippen molar-refractivity contribution in [3.8, 4) is 0 Å². The zero-order valence-corrected chi connectivity index (χ0v) is 24.5. The maximum absolute atomic E-state index is 7.44. The van der Waals surface area contributed by atoms with Crippen molar-refractivity contribution in [2.45, 2.75) is 84.2 Å². The zero-order valence-electron chi connectivity index (χ0n) is 21.4. The molecule has 1 unspecified atom stereocenters. The van der Waals surface area contributed by atoms with Gasteiger partial charge in [0.1, 0.15) is 5.60 Å². The molecule has 0 heterocycles. The van der Waals surface area contributed by atoms with Gasteiger partial charge in [0, 0.05) is 10.8 Å². The smallest absolute Gasteiger partial charge is 0.193 e. The van der Waals surface area contributed by atoms with E-state index in [2.05, 4.69) is 138 Å². The van der Waals surface area contributed by atoms with Gasteiger partial charge in [-0.25, -0.2) is 0 Å². The Morgan fingerprint density at radius 2 is 1.25 bits per heavy atom. The van der Waals surface area contributed by atoms with E-state index < -0.39 is 13.9 Å². The second-order valence-electron chi connectivity index (χ2n) is 11.6. The third-order valence-corrected chi connectivity index (χ3v) is 11.4. The van der Waals surface area contributed by atoms with E-state index in [0.717, 1.165) is 23.9 Å². The molecule has 0 spiro atoms. The summed E-state index contributed by atoms with van der Waals surface area (Å²) in [5.74, 6) is 0. The molecule has 0 amide bonds. The molecule has 1 atom stereocenters. The number of benzene rings is 2. The van der Waals surface area contributed by atoms with Crippen LogP contribution in [0, 0.1) is 5.41 Å². The first kappa shape index (κ1) is 27.6. The van der Waals surface area contributed by atoms with Gasteiger partial charge < -0.3 is 9.16 Å². The second kappa shape index (κ2) is 11.2. The lowest BCUT2D eigenvalue weighted by Crippen LogP contribution is -2.50. The average Bonchev–Trinajstić information content (AvgIpc) is 2.70. The number of hydrogen-bond acceptors (Lipinski definition) is 2. The summed E-state index contributed by atoms with van der Waals surface area (Å²) >= 11 is 2.40. The van der Waals surface area contributed by atoms with Crippen molar-refractivity contribution >= 4 is 30.9 Å². The van der Waals surface area contributed by atoms with Crippen LogP contribution in [-0.2, 0) is 14.8 Å². The van der Waals surface area contributed by atoms with Crippen molar-refractivity contribution < 1.29 is 9.16 Å². The van der Waals surface area contributed by atoms with Crippen molar-refractivity contribution in [2.75, 3.05) is 11.0 Å². The van der Waals surface area contributed by atoms with Crippen molar-refractivity contribution in [1.82, 2.24) is 0 Å². The molecular formula is C28H43IO2Si. The Kier molecular flexibility index (Phi) is 9.60. The minimum Gasteiger partial charge on any atom is -0.403 e. The molecule has 0 bridgehead atoms. The first-order chi connectivity index (χ1) is 14.8. The van der Waals surface area contributed by atoms with Gasteiger partial charge in [-0.2, -0.15) is 0 Å². The molecule has 2 rings (SSSR count). The zero-order chi connectivity index (χ0) is 24.0. The molecule has 2 aromatic rings. The third kappa shape index (κ3) is 7.41. The summed E-state index contributed by atoms with van der Waals surface area (Å²) in [6.45, 7) is 19.3. The Hall–Kier alpha value is -0.693. The molecule has 0 N–H and O–H groups in total. The molecule has 32 heavy (non-hydrogen) atoms. The number of hydrogen-bond donors (Lipinski definition) is 0. The van der Waals surface area contributed by atoms with E-state index >= 15 is 0 Å². The minimum atomic E-state index is -2.12. The highest BCUT2D eigenvalue weighted by atomic mass is 127. The standard InChI is InChI=1S/C28H43IO2Si/c1-26(2,3)21-25(30-20-19-29)22-28(23-15-11-9-12-16-23,24-17-13-10-14-18-24)31-32(7,8)27(4,5)6/h9-18,25H,19-22H2,1-8H3. The molecule has 178 valence electrons. The van der Waals surface area contributed by atoms with Crippen molar-refractivity contribution in [3.63, 3.8) is 0 Å². The van der Waals surface area contributed by atoms with Crippen LogP contribution >= 0.6 is 22.6 Å². The van der Waals surface area contributed by atoms with Gasteiger partial charge in [0.2, 0.25) is 0 Å². The Labute approximate surface area is 211 Å². The Balaban J connectivity index is 2.69. The van der Waals surface area contributed by atoms with Crippen LogP contribution in [0.2, 0.25) is 18.1 Å². The maximum atomic E-state index is 7.44. The molecule has 4 heteroatoms. The predicted octanol–water partition coefficient (Wildman–Crippen LogP) is 8.60. The fourth-order valence-corrected chi connectivity index (χ4v) is 5.72. The van der Waals surface area contributed by atoms with E-state index in [1.807, 2.05) is 0 Å². The van der Waals surface area contributed by atoms with Crippen LogP contribution in [0.3, 0.4) is 0 Å². The van der Waals surface area contributed by atoms with Gasteiger partial charge in [0.15, 0.2) is 8.32 Å². The highest BCUT2D eigenvalue weighted by Crippen LogP contribution is 2.47. The van der Waals surface area contributed by atoms with Crippen LogP contribution in [0.1, 0.15) is 65.5 Å². The van der Waals surface area contributed by atoms with E-state index in [9.17, 15) is 0 Å². The van der Waals surface area contributed by atoms with E-state index in [4.69, 9.17) is 9.16 Å². The lowest BCUT2D eigenvalue weighted by Gasteiger charge is -2.48. The molecule has 0 aliphatic carbocycles. The number of rotatable bonds is 10. The molecule has 0 fully saturated rings. The molecule has 0 saturated carbocycles. The summed E-state index contributed by atoms with van der Waals surface area (Å²) in [7, 11) is -2.12. The summed E-state index contributed by atoms with van der Waals surface area (Å²) in [6.07, 6.45) is 1.91. The van der Waals surface area contributed by atoms with Crippen LogP contribution in [0.4, 0.5) is 0 Å². The molecule has 0 aromatic heterocycles. The monoisotopic (exact) mass is 566 g/mol. The van der Waals surface area contributed by atoms with Crippen LogP contribution in [0.5, 0.6) is 0 Å². The minimum absolute atomic E-state index is 0.102. The van der Waals surface area contributed by atoms with E-state index in [-0.39, 0.29) is 16.6 Å². The maximum Gasteiger partial charge on any atom is 0.193 e. The topological polar surface area (TPSA) is 18.5 Å². The summed E-state index contributed by atoms with van der Waals surface area (Å²) < 4.78 is 14.9. The molecule has 0 radical (unpaired) electrons.